The molecule has 4 nitrogen and oxygen atoms in total. The van der Waals surface area contributed by atoms with E-state index < -0.39 is 12.1 Å². The Hall–Kier alpha value is -1.34. The molecule has 1 amide bonds. The molecule has 18 heavy (non-hydrogen) atoms. The fourth-order valence-corrected chi connectivity index (χ4v) is 2.71. The summed E-state index contributed by atoms with van der Waals surface area (Å²) < 4.78 is 0. The van der Waals surface area contributed by atoms with E-state index in [9.17, 15) is 4.79 Å². The highest BCUT2D eigenvalue weighted by Crippen LogP contribution is 2.34. The van der Waals surface area contributed by atoms with Crippen LogP contribution in [0.3, 0.4) is 0 Å². The summed E-state index contributed by atoms with van der Waals surface area (Å²) in [5.74, 6) is -0.0999. The first-order valence-electron chi connectivity index (χ1n) is 6.68. The van der Waals surface area contributed by atoms with Gasteiger partial charge in [0.15, 0.2) is 0 Å². The minimum Gasteiger partial charge on any atom is -0.319 e. The summed E-state index contributed by atoms with van der Waals surface area (Å²) in [5.41, 5.74) is 6.04. The van der Waals surface area contributed by atoms with Crippen LogP contribution in [0.5, 0.6) is 0 Å². The molecule has 1 rings (SSSR count). The van der Waals surface area contributed by atoms with Crippen molar-refractivity contribution in [2.75, 3.05) is 6.54 Å². The van der Waals surface area contributed by atoms with E-state index in [-0.39, 0.29) is 11.3 Å². The van der Waals surface area contributed by atoms with Gasteiger partial charge in [0.2, 0.25) is 5.91 Å². The Bertz CT molecular complexity index is 357. The molecule has 0 fully saturated rings. The van der Waals surface area contributed by atoms with Crippen molar-refractivity contribution in [2.45, 2.75) is 52.1 Å². The molecule has 2 unspecified atom stereocenters. The number of carbonyl (C=O) groups excluding carboxylic acids is 1. The molecule has 4 heteroatoms. The summed E-state index contributed by atoms with van der Waals surface area (Å²) in [6, 6.07) is 1.15. The van der Waals surface area contributed by atoms with E-state index in [2.05, 4.69) is 26.8 Å². The molecule has 0 saturated heterocycles. The van der Waals surface area contributed by atoms with Crippen LogP contribution in [0.25, 0.3) is 0 Å². The van der Waals surface area contributed by atoms with Gasteiger partial charge in [0.05, 0.1) is 12.1 Å². The zero-order valence-electron chi connectivity index (χ0n) is 11.5. The molecule has 2 atom stereocenters. The van der Waals surface area contributed by atoms with Gasteiger partial charge in [-0.3, -0.25) is 4.79 Å². The maximum atomic E-state index is 12.4. The molecule has 0 aromatic heterocycles. The van der Waals surface area contributed by atoms with Crippen molar-refractivity contribution in [2.24, 2.45) is 11.1 Å². The van der Waals surface area contributed by atoms with Crippen LogP contribution in [0.4, 0.5) is 0 Å². The van der Waals surface area contributed by atoms with Crippen LogP contribution in [-0.2, 0) is 4.79 Å². The van der Waals surface area contributed by atoms with Gasteiger partial charge < -0.3 is 10.6 Å². The largest absolute Gasteiger partial charge is 0.319 e. The van der Waals surface area contributed by atoms with Gasteiger partial charge in [-0.25, -0.2) is 0 Å². The number of hydrogen-bond acceptors (Lipinski definition) is 3. The zero-order valence-corrected chi connectivity index (χ0v) is 11.5. The standard InChI is InChI=1S/C14H23N3O/c1-4-14(5-2,6-3)12(16)13(18)17-9-7-8-11(17)10-15/h7-8,11-12H,4-6,9,16H2,1-3H3. The minimum atomic E-state index is -0.520. The van der Waals surface area contributed by atoms with Crippen molar-refractivity contribution >= 4 is 5.91 Å². The highest BCUT2D eigenvalue weighted by Gasteiger charge is 2.40. The fourth-order valence-electron chi connectivity index (χ4n) is 2.71. The molecule has 0 aromatic rings. The molecule has 1 aliphatic rings. The first-order chi connectivity index (χ1) is 8.56. The third-order valence-corrected chi connectivity index (χ3v) is 4.41. The second-order valence-electron chi connectivity index (χ2n) is 4.89. The van der Waals surface area contributed by atoms with E-state index in [1.165, 1.54) is 0 Å². The number of nitrogens with two attached hydrogens (primary N) is 1. The highest BCUT2D eigenvalue weighted by atomic mass is 16.2. The third kappa shape index (κ3) is 2.41. The lowest BCUT2D eigenvalue weighted by atomic mass is 9.73. The van der Waals surface area contributed by atoms with Crippen LogP contribution in [0.1, 0.15) is 40.0 Å². The van der Waals surface area contributed by atoms with E-state index in [0.29, 0.717) is 6.54 Å². The van der Waals surface area contributed by atoms with Crippen molar-refractivity contribution in [3.05, 3.63) is 12.2 Å². The Morgan fingerprint density at radius 2 is 2.06 bits per heavy atom. The van der Waals surface area contributed by atoms with Gasteiger partial charge in [-0.1, -0.05) is 26.8 Å². The van der Waals surface area contributed by atoms with Crippen molar-refractivity contribution in [1.29, 1.82) is 5.26 Å². The quantitative estimate of drug-likeness (QED) is 0.755. The Kier molecular flexibility index (Phi) is 4.92. The fraction of sp³-hybridized carbons (Fsp3) is 0.714. The molecule has 0 saturated carbocycles. The van der Waals surface area contributed by atoms with Gasteiger partial charge >= 0.3 is 0 Å². The number of hydrogen-bond donors (Lipinski definition) is 1. The number of nitrogens with zero attached hydrogens (tertiary/aromatic N) is 2. The van der Waals surface area contributed by atoms with Crippen LogP contribution in [0.15, 0.2) is 12.2 Å². The second kappa shape index (κ2) is 6.01. The van der Waals surface area contributed by atoms with Gasteiger partial charge in [-0.15, -0.1) is 0 Å². The number of carbonyl (C=O) groups is 1. The average Bonchev–Trinajstić information content (AvgIpc) is 2.88. The molecule has 0 aliphatic carbocycles. The summed E-state index contributed by atoms with van der Waals surface area (Å²) >= 11 is 0. The number of amides is 1. The molecule has 0 radical (unpaired) electrons. The molecule has 0 aromatic carbocycles. The second-order valence-corrected chi connectivity index (χ2v) is 4.89. The van der Waals surface area contributed by atoms with Gasteiger partial charge in [0, 0.05) is 6.54 Å². The Morgan fingerprint density at radius 1 is 1.50 bits per heavy atom. The number of nitriles is 1. The maximum absolute atomic E-state index is 12.4. The molecule has 1 heterocycles. The van der Waals surface area contributed by atoms with Gasteiger partial charge in [-0.2, -0.15) is 5.26 Å². The van der Waals surface area contributed by atoms with Crippen molar-refractivity contribution in [1.82, 2.24) is 4.90 Å². The van der Waals surface area contributed by atoms with Gasteiger partial charge in [-0.05, 0) is 30.8 Å². The van der Waals surface area contributed by atoms with Gasteiger partial charge in [0.25, 0.3) is 0 Å². The first-order valence-corrected chi connectivity index (χ1v) is 6.68. The predicted molar refractivity (Wildman–Crippen MR) is 71.5 cm³/mol. The van der Waals surface area contributed by atoms with E-state index in [1.54, 1.807) is 11.0 Å². The van der Waals surface area contributed by atoms with E-state index in [1.807, 2.05) is 6.08 Å². The molecule has 0 bridgehead atoms. The Balaban J connectivity index is 2.87. The highest BCUT2D eigenvalue weighted by molar-refractivity contribution is 5.84. The average molecular weight is 249 g/mol. The molecular formula is C14H23N3O. The first kappa shape index (κ1) is 14.7. The van der Waals surface area contributed by atoms with Crippen LogP contribution >= 0.6 is 0 Å². The predicted octanol–water partition coefficient (Wildman–Crippen LogP) is 1.82. The van der Waals surface area contributed by atoms with Crippen LogP contribution < -0.4 is 5.73 Å². The normalized spacial score (nSPS) is 20.8. The van der Waals surface area contributed by atoms with Gasteiger partial charge in [0.1, 0.15) is 6.04 Å². The van der Waals surface area contributed by atoms with Crippen LogP contribution in [0, 0.1) is 16.7 Å². The van der Waals surface area contributed by atoms with Crippen LogP contribution in [0.2, 0.25) is 0 Å². The summed E-state index contributed by atoms with van der Waals surface area (Å²) in [4.78, 5) is 14.0. The summed E-state index contributed by atoms with van der Waals surface area (Å²) in [6.07, 6.45) is 6.25. The Labute approximate surface area is 109 Å². The zero-order chi connectivity index (χ0) is 13.8. The van der Waals surface area contributed by atoms with Crippen LogP contribution in [-0.4, -0.2) is 29.4 Å². The maximum Gasteiger partial charge on any atom is 0.241 e. The van der Waals surface area contributed by atoms with Crippen molar-refractivity contribution in [3.63, 3.8) is 0 Å². The lowest BCUT2D eigenvalue weighted by Crippen LogP contribution is -2.54. The summed E-state index contributed by atoms with van der Waals surface area (Å²) in [7, 11) is 0. The SMILES string of the molecule is CCC(CC)(CC)C(N)C(=O)N1CC=CC1C#N. The smallest absolute Gasteiger partial charge is 0.241 e. The molecular weight excluding hydrogens is 226 g/mol. The third-order valence-electron chi connectivity index (χ3n) is 4.41. The molecule has 0 spiro atoms. The van der Waals surface area contributed by atoms with Crippen molar-refractivity contribution < 1.29 is 4.79 Å². The molecule has 1 aliphatic heterocycles. The molecule has 100 valence electrons. The number of rotatable bonds is 5. The lowest BCUT2D eigenvalue weighted by Gasteiger charge is -2.38. The minimum absolute atomic E-state index is 0.0999. The topological polar surface area (TPSA) is 70.1 Å². The van der Waals surface area contributed by atoms with Crippen molar-refractivity contribution in [3.8, 4) is 6.07 Å². The monoisotopic (exact) mass is 249 g/mol. The molecule has 2 N–H and O–H groups in total. The summed E-state index contributed by atoms with van der Waals surface area (Å²) in [5, 5.41) is 9.01. The van der Waals surface area contributed by atoms with E-state index in [4.69, 9.17) is 11.0 Å². The Morgan fingerprint density at radius 3 is 2.50 bits per heavy atom. The van der Waals surface area contributed by atoms with E-state index in [0.717, 1.165) is 19.3 Å². The summed E-state index contributed by atoms with van der Waals surface area (Å²) in [6.45, 7) is 6.72. The van der Waals surface area contributed by atoms with E-state index >= 15 is 0 Å². The lowest BCUT2D eigenvalue weighted by molar-refractivity contribution is -0.135.